The molecule has 0 atom stereocenters. The molecule has 3 amide bonds. The summed E-state index contributed by atoms with van der Waals surface area (Å²) in [4.78, 5) is 57.1. The second-order valence-corrected chi connectivity index (χ2v) is 8.84. The van der Waals surface area contributed by atoms with Crippen molar-refractivity contribution < 1.29 is 23.9 Å². The van der Waals surface area contributed by atoms with Crippen molar-refractivity contribution in [3.63, 3.8) is 0 Å². The maximum absolute atomic E-state index is 13.4. The Morgan fingerprint density at radius 1 is 1.09 bits per heavy atom. The quantitative estimate of drug-likeness (QED) is 0.294. The molecule has 1 aromatic carbocycles. The van der Waals surface area contributed by atoms with E-state index in [1.165, 1.54) is 4.90 Å². The van der Waals surface area contributed by atoms with Crippen LogP contribution in [-0.2, 0) is 20.9 Å². The van der Waals surface area contributed by atoms with Crippen LogP contribution in [0.25, 0.3) is 0 Å². The number of imide groups is 1. The molecule has 1 aromatic heterocycles. The highest BCUT2D eigenvalue weighted by molar-refractivity contribution is 7.17. The van der Waals surface area contributed by atoms with Crippen molar-refractivity contribution in [3.8, 4) is 0 Å². The molecule has 0 N–H and O–H groups in total. The number of thiazole rings is 1. The van der Waals surface area contributed by atoms with E-state index in [1.807, 2.05) is 0 Å². The number of carbonyl (C=O) groups is 4. The predicted octanol–water partition coefficient (Wildman–Crippen LogP) is 4.11. The summed E-state index contributed by atoms with van der Waals surface area (Å²) in [5, 5.41) is 0.467. The Balaban J connectivity index is 1.80. The van der Waals surface area contributed by atoms with Gasteiger partial charge in [-0.15, -0.1) is 0 Å². The molecule has 8 nitrogen and oxygen atoms in total. The highest BCUT2D eigenvalue weighted by Gasteiger charge is 2.29. The van der Waals surface area contributed by atoms with Gasteiger partial charge < -0.3 is 4.74 Å². The molecule has 1 saturated heterocycles. The summed E-state index contributed by atoms with van der Waals surface area (Å²) in [5.74, 6) is -0.984. The van der Waals surface area contributed by atoms with Crippen LogP contribution in [0.4, 0.5) is 5.13 Å². The molecule has 0 unspecified atom stereocenters. The van der Waals surface area contributed by atoms with E-state index >= 15 is 0 Å². The van der Waals surface area contributed by atoms with Crippen LogP contribution in [0.1, 0.15) is 77.2 Å². The second kappa shape index (κ2) is 11.2. The number of ether oxygens (including phenoxy) is 1. The lowest BCUT2D eigenvalue weighted by Crippen LogP contribution is -2.32. The van der Waals surface area contributed by atoms with Crippen molar-refractivity contribution in [1.82, 2.24) is 9.88 Å². The zero-order chi connectivity index (χ0) is 24.0. The Kier molecular flexibility index (Phi) is 8.32. The number of unbranched alkanes of at least 4 members (excludes halogenated alkanes) is 2. The van der Waals surface area contributed by atoms with Crippen molar-refractivity contribution in [2.45, 2.75) is 59.4 Å². The molecule has 33 heavy (non-hydrogen) atoms. The van der Waals surface area contributed by atoms with Crippen LogP contribution in [0.15, 0.2) is 24.3 Å². The molecule has 2 aromatic rings. The van der Waals surface area contributed by atoms with Gasteiger partial charge in [0.1, 0.15) is 4.88 Å². The standard InChI is InChI=1S/C24H29N3O5S/c1-4-6-7-14-26(24-25-16(3)21(33-24)23(31)32-5-2)22(30)18-10-8-17(9-11-18)15-27-19(28)12-13-20(27)29/h8-11H,4-7,12-15H2,1-3H3. The molecule has 2 heterocycles. The van der Waals surface area contributed by atoms with Crippen LogP contribution in [0.2, 0.25) is 0 Å². The smallest absolute Gasteiger partial charge is 0.350 e. The van der Waals surface area contributed by atoms with E-state index < -0.39 is 5.97 Å². The van der Waals surface area contributed by atoms with Crippen LogP contribution in [0.5, 0.6) is 0 Å². The monoisotopic (exact) mass is 471 g/mol. The number of benzene rings is 1. The van der Waals surface area contributed by atoms with Gasteiger partial charge in [0, 0.05) is 24.9 Å². The van der Waals surface area contributed by atoms with Gasteiger partial charge in [-0.1, -0.05) is 43.2 Å². The van der Waals surface area contributed by atoms with E-state index in [9.17, 15) is 19.2 Å². The van der Waals surface area contributed by atoms with Crippen LogP contribution in [-0.4, -0.2) is 46.7 Å². The molecule has 1 aliphatic rings. The molecule has 1 fully saturated rings. The number of aryl methyl sites for hydroxylation is 1. The Labute approximate surface area is 197 Å². The van der Waals surface area contributed by atoms with Gasteiger partial charge in [0.25, 0.3) is 5.91 Å². The maximum Gasteiger partial charge on any atom is 0.350 e. The van der Waals surface area contributed by atoms with Gasteiger partial charge in [0.05, 0.1) is 18.8 Å². The summed E-state index contributed by atoms with van der Waals surface area (Å²) in [6.07, 6.45) is 3.30. The Hall–Kier alpha value is -3.07. The average Bonchev–Trinajstić information content (AvgIpc) is 3.34. The lowest BCUT2D eigenvalue weighted by atomic mass is 10.1. The van der Waals surface area contributed by atoms with E-state index in [0.29, 0.717) is 27.8 Å². The summed E-state index contributed by atoms with van der Waals surface area (Å²) in [5.41, 5.74) is 1.79. The Morgan fingerprint density at radius 3 is 2.36 bits per heavy atom. The third-order valence-corrected chi connectivity index (χ3v) is 6.56. The van der Waals surface area contributed by atoms with Crippen molar-refractivity contribution in [2.75, 3.05) is 18.1 Å². The molecular weight excluding hydrogens is 442 g/mol. The molecule has 0 saturated carbocycles. The molecule has 0 aliphatic carbocycles. The summed E-state index contributed by atoms with van der Waals surface area (Å²) < 4.78 is 5.10. The average molecular weight is 472 g/mol. The van der Waals surface area contributed by atoms with Crippen molar-refractivity contribution in [3.05, 3.63) is 46.0 Å². The lowest BCUT2D eigenvalue weighted by Gasteiger charge is -2.20. The number of anilines is 1. The first kappa shape index (κ1) is 24.6. The molecule has 9 heteroatoms. The molecular formula is C24H29N3O5S. The van der Waals surface area contributed by atoms with Crippen molar-refractivity contribution in [1.29, 1.82) is 0 Å². The van der Waals surface area contributed by atoms with Gasteiger partial charge in [-0.3, -0.25) is 24.2 Å². The SMILES string of the molecule is CCCCCN(C(=O)c1ccc(CN2C(=O)CCC2=O)cc1)c1nc(C)c(C(=O)OCC)s1. The number of hydrogen-bond donors (Lipinski definition) is 0. The fourth-order valence-corrected chi connectivity index (χ4v) is 4.56. The number of rotatable bonds is 10. The fraction of sp³-hybridized carbons (Fsp3) is 0.458. The Bertz CT molecular complexity index is 1020. The summed E-state index contributed by atoms with van der Waals surface area (Å²) >= 11 is 1.16. The highest BCUT2D eigenvalue weighted by atomic mass is 32.1. The number of carbonyl (C=O) groups excluding carboxylic acids is 4. The normalized spacial score (nSPS) is 13.5. The molecule has 3 rings (SSSR count). The van der Waals surface area contributed by atoms with E-state index in [1.54, 1.807) is 43.0 Å². The van der Waals surface area contributed by atoms with Gasteiger partial charge in [-0.2, -0.15) is 0 Å². The van der Waals surface area contributed by atoms with E-state index in [0.717, 1.165) is 36.2 Å². The largest absolute Gasteiger partial charge is 0.462 e. The zero-order valence-corrected chi connectivity index (χ0v) is 20.1. The third-order valence-electron chi connectivity index (χ3n) is 5.40. The van der Waals surface area contributed by atoms with Gasteiger partial charge in [-0.25, -0.2) is 9.78 Å². The minimum absolute atomic E-state index is 0.168. The van der Waals surface area contributed by atoms with Crippen LogP contribution in [0.3, 0.4) is 0 Å². The van der Waals surface area contributed by atoms with Gasteiger partial charge >= 0.3 is 5.97 Å². The van der Waals surface area contributed by atoms with Gasteiger partial charge in [0.15, 0.2) is 5.13 Å². The van der Waals surface area contributed by atoms with Gasteiger partial charge in [-0.05, 0) is 38.0 Å². The summed E-state index contributed by atoms with van der Waals surface area (Å²) in [6.45, 7) is 6.53. The first-order chi connectivity index (χ1) is 15.8. The minimum atomic E-state index is -0.435. The first-order valence-electron chi connectivity index (χ1n) is 11.2. The minimum Gasteiger partial charge on any atom is -0.462 e. The Morgan fingerprint density at radius 2 is 1.76 bits per heavy atom. The van der Waals surface area contributed by atoms with Crippen molar-refractivity contribution >= 4 is 40.2 Å². The number of amides is 3. The fourth-order valence-electron chi connectivity index (χ4n) is 3.58. The summed E-state index contributed by atoms with van der Waals surface area (Å²) in [6, 6.07) is 6.91. The van der Waals surface area contributed by atoms with E-state index in [4.69, 9.17) is 4.74 Å². The molecule has 0 spiro atoms. The molecule has 1 aliphatic heterocycles. The first-order valence-corrected chi connectivity index (χ1v) is 12.1. The van der Waals surface area contributed by atoms with Crippen molar-refractivity contribution in [2.24, 2.45) is 0 Å². The van der Waals surface area contributed by atoms with Crippen LogP contribution in [0, 0.1) is 6.92 Å². The van der Waals surface area contributed by atoms with Crippen LogP contribution >= 0.6 is 11.3 Å². The second-order valence-electron chi connectivity index (χ2n) is 7.87. The van der Waals surface area contributed by atoms with E-state index in [2.05, 4.69) is 11.9 Å². The number of nitrogens with zero attached hydrogens (tertiary/aromatic N) is 3. The number of aromatic nitrogens is 1. The maximum atomic E-state index is 13.4. The molecule has 0 bridgehead atoms. The molecule has 0 radical (unpaired) electrons. The lowest BCUT2D eigenvalue weighted by molar-refractivity contribution is -0.139. The highest BCUT2D eigenvalue weighted by Crippen LogP contribution is 2.29. The molecule has 176 valence electrons. The summed E-state index contributed by atoms with van der Waals surface area (Å²) in [7, 11) is 0. The number of esters is 1. The van der Waals surface area contributed by atoms with Gasteiger partial charge in [0.2, 0.25) is 11.8 Å². The van der Waals surface area contributed by atoms with Crippen LogP contribution < -0.4 is 4.90 Å². The zero-order valence-electron chi connectivity index (χ0n) is 19.3. The van der Waals surface area contributed by atoms with E-state index in [-0.39, 0.29) is 43.7 Å². The number of likely N-dealkylation sites (tertiary alicyclic amines) is 1. The topological polar surface area (TPSA) is 96.9 Å². The predicted molar refractivity (Wildman–Crippen MR) is 125 cm³/mol. The number of hydrogen-bond acceptors (Lipinski definition) is 7. The third kappa shape index (κ3) is 5.84.